The summed E-state index contributed by atoms with van der Waals surface area (Å²) < 4.78 is 5.30. The van der Waals surface area contributed by atoms with Crippen LogP contribution < -0.4 is 5.73 Å². The minimum Gasteiger partial charge on any atom is -0.334 e. The summed E-state index contributed by atoms with van der Waals surface area (Å²) in [4.78, 5) is 15.7. The molecular formula is C15H18ClN3O2. The number of hydrogen-bond donors (Lipinski definition) is 1. The highest BCUT2D eigenvalue weighted by molar-refractivity contribution is 5.94. The zero-order valence-corrected chi connectivity index (χ0v) is 12.7. The second-order valence-electron chi connectivity index (χ2n) is 5.42. The highest BCUT2D eigenvalue weighted by Gasteiger charge is 2.36. The molecule has 0 spiro atoms. The lowest BCUT2D eigenvalue weighted by atomic mass is 9.98. The van der Waals surface area contributed by atoms with Gasteiger partial charge in [0.2, 0.25) is 0 Å². The molecule has 0 saturated heterocycles. The Bertz CT molecular complexity index is 631. The first-order valence-corrected chi connectivity index (χ1v) is 6.83. The van der Waals surface area contributed by atoms with Crippen molar-refractivity contribution in [3.05, 3.63) is 35.7 Å². The normalized spacial score (nSPS) is 16.5. The number of aromatic nitrogens is 2. The summed E-state index contributed by atoms with van der Waals surface area (Å²) in [5, 5.41) is 4.03. The van der Waals surface area contributed by atoms with Crippen LogP contribution in [0.5, 0.6) is 0 Å². The first kappa shape index (κ1) is 15.7. The molecule has 1 saturated carbocycles. The molecule has 2 N–H and O–H groups in total. The van der Waals surface area contributed by atoms with Crippen LogP contribution in [0.2, 0.25) is 0 Å². The van der Waals surface area contributed by atoms with Crippen molar-refractivity contribution in [1.82, 2.24) is 10.1 Å². The Morgan fingerprint density at radius 2 is 1.86 bits per heavy atom. The van der Waals surface area contributed by atoms with Crippen LogP contribution in [0.3, 0.4) is 0 Å². The van der Waals surface area contributed by atoms with Crippen LogP contribution in [0.4, 0.5) is 0 Å². The highest BCUT2D eigenvalue weighted by Crippen LogP contribution is 2.35. The molecule has 2 aromatic rings. The third-order valence-corrected chi connectivity index (χ3v) is 3.91. The Kier molecular flexibility index (Phi) is 4.44. The number of carbonyl (C=O) groups excluding carboxylic acids is 1. The smallest absolute Gasteiger partial charge is 0.257 e. The molecule has 0 atom stereocenters. The van der Waals surface area contributed by atoms with Crippen molar-refractivity contribution in [2.45, 2.75) is 38.1 Å². The number of rotatable bonds is 3. The summed E-state index contributed by atoms with van der Waals surface area (Å²) in [6, 6.07) is 7.14. The van der Waals surface area contributed by atoms with Crippen molar-refractivity contribution in [2.24, 2.45) is 5.73 Å². The lowest BCUT2D eigenvalue weighted by Crippen LogP contribution is -2.34. The van der Waals surface area contributed by atoms with Crippen molar-refractivity contribution in [2.75, 3.05) is 0 Å². The van der Waals surface area contributed by atoms with E-state index in [4.69, 9.17) is 10.3 Å². The van der Waals surface area contributed by atoms with Gasteiger partial charge in [-0.3, -0.25) is 4.79 Å². The van der Waals surface area contributed by atoms with Crippen molar-refractivity contribution in [1.29, 1.82) is 0 Å². The van der Waals surface area contributed by atoms with E-state index in [0.29, 0.717) is 17.3 Å². The minimum atomic E-state index is -0.443. The van der Waals surface area contributed by atoms with Gasteiger partial charge in [0, 0.05) is 11.1 Å². The quantitative estimate of drug-likeness (QED) is 0.881. The molecule has 6 heteroatoms. The van der Waals surface area contributed by atoms with E-state index in [-0.39, 0.29) is 18.2 Å². The predicted molar refractivity (Wildman–Crippen MR) is 81.3 cm³/mol. The van der Waals surface area contributed by atoms with Crippen molar-refractivity contribution in [3.63, 3.8) is 0 Å². The second kappa shape index (κ2) is 5.95. The van der Waals surface area contributed by atoms with Gasteiger partial charge in [-0.1, -0.05) is 30.1 Å². The van der Waals surface area contributed by atoms with E-state index in [9.17, 15) is 4.79 Å². The lowest BCUT2D eigenvalue weighted by molar-refractivity contribution is 0.101. The van der Waals surface area contributed by atoms with Crippen LogP contribution in [0.1, 0.15) is 48.8 Å². The number of nitrogens with two attached hydrogens (primary N) is 1. The van der Waals surface area contributed by atoms with Crippen molar-refractivity contribution >= 4 is 18.2 Å². The van der Waals surface area contributed by atoms with E-state index in [0.717, 1.165) is 31.2 Å². The zero-order valence-electron chi connectivity index (χ0n) is 11.8. The highest BCUT2D eigenvalue weighted by atomic mass is 35.5. The van der Waals surface area contributed by atoms with Gasteiger partial charge in [-0.15, -0.1) is 12.4 Å². The number of ketones is 1. The fourth-order valence-corrected chi connectivity index (χ4v) is 2.62. The number of Topliss-reactive ketones (excluding diaryl/α,β-unsaturated/α-hetero) is 1. The molecule has 0 unspecified atom stereocenters. The number of halogens is 1. The van der Waals surface area contributed by atoms with E-state index in [2.05, 4.69) is 10.1 Å². The Morgan fingerprint density at radius 1 is 1.24 bits per heavy atom. The summed E-state index contributed by atoms with van der Waals surface area (Å²) in [5.74, 6) is 1.07. The predicted octanol–water partition coefficient (Wildman–Crippen LogP) is 3.09. The molecule has 112 valence electrons. The van der Waals surface area contributed by atoms with Gasteiger partial charge in [-0.2, -0.15) is 4.98 Å². The maximum atomic E-state index is 11.2. The summed E-state index contributed by atoms with van der Waals surface area (Å²) in [6.07, 6.45) is 4.01. The molecule has 1 fully saturated rings. The van der Waals surface area contributed by atoms with Gasteiger partial charge in [0.25, 0.3) is 5.89 Å². The summed E-state index contributed by atoms with van der Waals surface area (Å²) >= 11 is 0. The van der Waals surface area contributed by atoms with Crippen LogP contribution in [-0.4, -0.2) is 15.9 Å². The largest absolute Gasteiger partial charge is 0.334 e. The summed E-state index contributed by atoms with van der Waals surface area (Å²) in [6.45, 7) is 1.54. The molecule has 3 rings (SSSR count). The molecule has 1 aliphatic rings. The topological polar surface area (TPSA) is 82.0 Å². The van der Waals surface area contributed by atoms with E-state index >= 15 is 0 Å². The standard InChI is InChI=1S/C15H17N3O2.ClH/c1-10(19)11-4-6-12(7-5-11)13-17-14(18-20-13)15(16)8-2-3-9-15;/h4-7H,2-3,8-9,16H2,1H3;1H. The number of carbonyl (C=O) groups is 1. The van der Waals surface area contributed by atoms with E-state index < -0.39 is 5.54 Å². The summed E-state index contributed by atoms with van der Waals surface area (Å²) in [5.41, 5.74) is 7.33. The van der Waals surface area contributed by atoms with Crippen LogP contribution in [-0.2, 0) is 5.54 Å². The van der Waals surface area contributed by atoms with Crippen molar-refractivity contribution < 1.29 is 9.32 Å². The maximum absolute atomic E-state index is 11.2. The Labute approximate surface area is 129 Å². The molecule has 0 radical (unpaired) electrons. The van der Waals surface area contributed by atoms with E-state index in [1.165, 1.54) is 6.92 Å². The Hall–Kier alpha value is -1.72. The number of benzene rings is 1. The molecule has 21 heavy (non-hydrogen) atoms. The fourth-order valence-electron chi connectivity index (χ4n) is 2.62. The van der Waals surface area contributed by atoms with E-state index in [1.54, 1.807) is 12.1 Å². The molecule has 0 aliphatic heterocycles. The fraction of sp³-hybridized carbons (Fsp3) is 0.400. The molecule has 1 aromatic heterocycles. The molecule has 0 bridgehead atoms. The minimum absolute atomic E-state index is 0. The van der Waals surface area contributed by atoms with E-state index in [1.807, 2.05) is 12.1 Å². The monoisotopic (exact) mass is 307 g/mol. The molecular weight excluding hydrogens is 290 g/mol. The van der Waals surface area contributed by atoms with Gasteiger partial charge < -0.3 is 10.3 Å². The maximum Gasteiger partial charge on any atom is 0.257 e. The average molecular weight is 308 g/mol. The molecule has 5 nitrogen and oxygen atoms in total. The van der Waals surface area contributed by atoms with Crippen LogP contribution in [0.15, 0.2) is 28.8 Å². The van der Waals surface area contributed by atoms with Gasteiger partial charge in [-0.05, 0) is 31.9 Å². The first-order chi connectivity index (χ1) is 9.58. The van der Waals surface area contributed by atoms with Crippen LogP contribution >= 0.6 is 12.4 Å². The average Bonchev–Trinajstić information content (AvgIpc) is 3.08. The third-order valence-electron chi connectivity index (χ3n) is 3.91. The van der Waals surface area contributed by atoms with Gasteiger partial charge in [-0.25, -0.2) is 0 Å². The van der Waals surface area contributed by atoms with Crippen LogP contribution in [0.25, 0.3) is 11.5 Å². The first-order valence-electron chi connectivity index (χ1n) is 6.83. The van der Waals surface area contributed by atoms with Gasteiger partial charge in [0.15, 0.2) is 11.6 Å². The number of nitrogens with zero attached hydrogens (tertiary/aromatic N) is 2. The molecule has 0 amide bonds. The van der Waals surface area contributed by atoms with Crippen LogP contribution in [0, 0.1) is 0 Å². The van der Waals surface area contributed by atoms with Gasteiger partial charge >= 0.3 is 0 Å². The Balaban J connectivity index is 0.00000161. The zero-order chi connectivity index (χ0) is 14.2. The number of hydrogen-bond acceptors (Lipinski definition) is 5. The molecule has 1 aliphatic carbocycles. The second-order valence-corrected chi connectivity index (χ2v) is 5.42. The third kappa shape index (κ3) is 2.99. The Morgan fingerprint density at radius 3 is 2.43 bits per heavy atom. The van der Waals surface area contributed by atoms with Gasteiger partial charge in [0.1, 0.15) is 0 Å². The molecule has 1 heterocycles. The molecule has 1 aromatic carbocycles. The van der Waals surface area contributed by atoms with Gasteiger partial charge in [0.05, 0.1) is 5.54 Å². The summed E-state index contributed by atoms with van der Waals surface area (Å²) in [7, 11) is 0. The SMILES string of the molecule is CC(=O)c1ccc(-c2nc(C3(N)CCCC3)no2)cc1.Cl. The lowest BCUT2D eigenvalue weighted by Gasteiger charge is -2.17. The van der Waals surface area contributed by atoms with Crippen molar-refractivity contribution in [3.8, 4) is 11.5 Å².